The van der Waals surface area contributed by atoms with Crippen molar-refractivity contribution in [2.24, 2.45) is 5.73 Å². The smallest absolute Gasteiger partial charge is 0.412 e. The number of ether oxygens (including phenoxy) is 1. The lowest BCUT2D eigenvalue weighted by Gasteiger charge is -2.47. The van der Waals surface area contributed by atoms with Crippen LogP contribution in [0.5, 0.6) is 0 Å². The molecule has 39 heavy (non-hydrogen) atoms. The van der Waals surface area contributed by atoms with E-state index in [9.17, 15) is 19.5 Å². The minimum atomic E-state index is -1.44. The number of hydrogen-bond donors (Lipinski definition) is 2. The lowest BCUT2D eigenvalue weighted by atomic mass is 9.74. The van der Waals surface area contributed by atoms with Gasteiger partial charge in [0.05, 0.1) is 0 Å². The Labute approximate surface area is 227 Å². The first-order chi connectivity index (χ1) is 18.9. The van der Waals surface area contributed by atoms with Gasteiger partial charge < -0.3 is 15.6 Å². The normalized spacial score (nSPS) is 11.8. The van der Waals surface area contributed by atoms with Gasteiger partial charge in [-0.05, 0) is 28.7 Å². The van der Waals surface area contributed by atoms with Crippen LogP contribution in [-0.2, 0) is 26.5 Å². The fourth-order valence-electron chi connectivity index (χ4n) is 4.88. The summed E-state index contributed by atoms with van der Waals surface area (Å²) in [5, 5.41) is 10.5. The van der Waals surface area contributed by atoms with Gasteiger partial charge in [-0.2, -0.15) is 0 Å². The molecule has 4 rings (SSSR count). The lowest BCUT2D eigenvalue weighted by molar-refractivity contribution is -0.144. The molecule has 0 saturated heterocycles. The molecule has 0 saturated carbocycles. The Hall–Kier alpha value is -4.91. The number of primary amides is 1. The molecular weight excluding hydrogens is 492 g/mol. The van der Waals surface area contributed by atoms with Crippen molar-refractivity contribution in [3.05, 3.63) is 144 Å². The number of nitrogens with two attached hydrogens (primary N) is 1. The molecule has 4 aromatic carbocycles. The van der Waals surface area contributed by atoms with Crippen LogP contribution in [0.25, 0.3) is 0 Å². The van der Waals surface area contributed by atoms with E-state index >= 15 is 0 Å². The number of rotatable bonds is 11. The molecule has 0 aliphatic carbocycles. The number of hydrogen-bond acceptors (Lipinski definition) is 4. The van der Waals surface area contributed by atoms with Crippen molar-refractivity contribution in [1.29, 1.82) is 0 Å². The first-order valence-corrected chi connectivity index (χ1v) is 12.6. The molecular formula is C32H30N2O5. The van der Waals surface area contributed by atoms with Crippen LogP contribution in [0.4, 0.5) is 4.79 Å². The third kappa shape index (κ3) is 5.99. The number of nitrogens with zero attached hydrogens (tertiary/aromatic N) is 1. The van der Waals surface area contributed by atoms with E-state index in [1.165, 1.54) is 4.90 Å². The van der Waals surface area contributed by atoms with Crippen molar-refractivity contribution >= 4 is 18.0 Å². The number of carbonyl (C=O) groups excluding carboxylic acids is 2. The van der Waals surface area contributed by atoms with E-state index in [0.717, 1.165) is 5.56 Å². The van der Waals surface area contributed by atoms with Gasteiger partial charge in [-0.15, -0.1) is 0 Å². The summed E-state index contributed by atoms with van der Waals surface area (Å²) in [5.74, 6) is -1.94. The van der Waals surface area contributed by atoms with E-state index < -0.39 is 29.6 Å². The second-order valence-electron chi connectivity index (χ2n) is 9.08. The summed E-state index contributed by atoms with van der Waals surface area (Å²) in [5.41, 5.74) is 6.73. The number of amides is 2. The Morgan fingerprint density at radius 2 is 1.13 bits per heavy atom. The first-order valence-electron chi connectivity index (χ1n) is 12.6. The molecule has 0 heterocycles. The van der Waals surface area contributed by atoms with Crippen molar-refractivity contribution in [1.82, 2.24) is 4.90 Å². The van der Waals surface area contributed by atoms with Crippen LogP contribution in [0, 0.1) is 0 Å². The summed E-state index contributed by atoms with van der Waals surface area (Å²) >= 11 is 0. The molecule has 0 aromatic heterocycles. The molecule has 7 nitrogen and oxygen atoms in total. The highest BCUT2D eigenvalue weighted by Crippen LogP contribution is 2.44. The summed E-state index contributed by atoms with van der Waals surface area (Å²) in [7, 11) is 0. The molecule has 0 aliphatic heterocycles. The molecule has 0 aliphatic rings. The Kier molecular flexibility index (Phi) is 8.74. The molecule has 1 atom stereocenters. The lowest BCUT2D eigenvalue weighted by Crippen LogP contribution is -2.58. The van der Waals surface area contributed by atoms with E-state index in [2.05, 4.69) is 0 Å². The minimum Gasteiger partial charge on any atom is -0.480 e. The second kappa shape index (κ2) is 12.6. The van der Waals surface area contributed by atoms with E-state index in [0.29, 0.717) is 16.7 Å². The van der Waals surface area contributed by atoms with Gasteiger partial charge in [0.15, 0.2) is 0 Å². The Balaban J connectivity index is 2.00. The molecule has 0 radical (unpaired) electrons. The second-order valence-corrected chi connectivity index (χ2v) is 9.08. The topological polar surface area (TPSA) is 110 Å². The van der Waals surface area contributed by atoms with Crippen LogP contribution >= 0.6 is 0 Å². The van der Waals surface area contributed by atoms with Crippen LogP contribution in [0.3, 0.4) is 0 Å². The maximum atomic E-state index is 14.2. The highest BCUT2D eigenvalue weighted by atomic mass is 16.6. The van der Waals surface area contributed by atoms with Crippen LogP contribution < -0.4 is 5.73 Å². The maximum absolute atomic E-state index is 14.2. The summed E-state index contributed by atoms with van der Waals surface area (Å²) in [6, 6.07) is 35.4. The van der Waals surface area contributed by atoms with Crippen molar-refractivity contribution in [2.45, 2.75) is 31.0 Å². The molecule has 0 fully saturated rings. The predicted octanol–water partition coefficient (Wildman–Crippen LogP) is 5.34. The van der Waals surface area contributed by atoms with Gasteiger partial charge in [-0.1, -0.05) is 121 Å². The van der Waals surface area contributed by atoms with Gasteiger partial charge >= 0.3 is 12.1 Å². The van der Waals surface area contributed by atoms with Crippen molar-refractivity contribution < 1.29 is 24.2 Å². The van der Waals surface area contributed by atoms with E-state index in [1.807, 2.05) is 121 Å². The summed E-state index contributed by atoms with van der Waals surface area (Å²) < 4.78 is 5.81. The standard InChI is InChI=1S/C32H30N2O5/c33-29(35)22-21-28(30(36)37)34(31(38)39-23-24-13-5-1-6-14-24)32(25-15-7-2-8-16-25,26-17-9-3-10-18-26)27-19-11-4-12-20-27/h1-20,28H,21-23H2,(H2,33,35)(H,36,37)/t28-/m0/s1. The third-order valence-corrected chi connectivity index (χ3v) is 6.60. The number of carboxylic acid groups (broad SMARTS) is 1. The summed E-state index contributed by atoms with van der Waals surface area (Å²) in [6.07, 6.45) is -1.26. The zero-order valence-electron chi connectivity index (χ0n) is 21.4. The summed E-state index contributed by atoms with van der Waals surface area (Å²) in [4.78, 5) is 40.1. The highest BCUT2D eigenvalue weighted by molar-refractivity contribution is 5.83. The maximum Gasteiger partial charge on any atom is 0.412 e. The largest absolute Gasteiger partial charge is 0.480 e. The van der Waals surface area contributed by atoms with Gasteiger partial charge in [-0.25, -0.2) is 9.59 Å². The van der Waals surface area contributed by atoms with Crippen molar-refractivity contribution in [3.8, 4) is 0 Å². The molecule has 0 spiro atoms. The Morgan fingerprint density at radius 1 is 0.718 bits per heavy atom. The molecule has 0 unspecified atom stereocenters. The molecule has 0 bridgehead atoms. The number of aliphatic carboxylic acids is 1. The molecule has 2 amide bonds. The van der Waals surface area contributed by atoms with Crippen molar-refractivity contribution in [3.63, 3.8) is 0 Å². The Bertz CT molecular complexity index is 1280. The van der Waals surface area contributed by atoms with Crippen LogP contribution in [-0.4, -0.2) is 34.0 Å². The average Bonchev–Trinajstić information content (AvgIpc) is 2.97. The fourth-order valence-corrected chi connectivity index (χ4v) is 4.88. The molecule has 3 N–H and O–H groups in total. The van der Waals surface area contributed by atoms with Gasteiger partial charge in [-0.3, -0.25) is 9.69 Å². The van der Waals surface area contributed by atoms with Crippen LogP contribution in [0.2, 0.25) is 0 Å². The third-order valence-electron chi connectivity index (χ3n) is 6.60. The van der Waals surface area contributed by atoms with E-state index in [4.69, 9.17) is 10.5 Å². The number of carboxylic acids is 1. The van der Waals surface area contributed by atoms with Crippen molar-refractivity contribution in [2.75, 3.05) is 0 Å². The quantitative estimate of drug-likeness (QED) is 0.259. The zero-order chi connectivity index (χ0) is 27.7. The number of benzene rings is 4. The molecule has 198 valence electrons. The van der Waals surface area contributed by atoms with Crippen LogP contribution in [0.1, 0.15) is 35.1 Å². The monoisotopic (exact) mass is 522 g/mol. The number of carbonyl (C=O) groups is 3. The van der Waals surface area contributed by atoms with Gasteiger partial charge in [0.25, 0.3) is 0 Å². The van der Waals surface area contributed by atoms with Gasteiger partial charge in [0, 0.05) is 6.42 Å². The SMILES string of the molecule is NC(=O)CC[C@@H](C(=O)O)N(C(=O)OCc1ccccc1)C(c1ccccc1)(c1ccccc1)c1ccccc1. The predicted molar refractivity (Wildman–Crippen MR) is 148 cm³/mol. The van der Waals surface area contributed by atoms with Gasteiger partial charge in [0.1, 0.15) is 18.2 Å². The Morgan fingerprint density at radius 3 is 1.51 bits per heavy atom. The average molecular weight is 523 g/mol. The first kappa shape index (κ1) is 27.1. The highest BCUT2D eigenvalue weighted by Gasteiger charge is 2.50. The fraction of sp³-hybridized carbons (Fsp3) is 0.156. The van der Waals surface area contributed by atoms with E-state index in [1.54, 1.807) is 0 Å². The zero-order valence-corrected chi connectivity index (χ0v) is 21.4. The van der Waals surface area contributed by atoms with E-state index in [-0.39, 0.29) is 19.4 Å². The van der Waals surface area contributed by atoms with Crippen LogP contribution in [0.15, 0.2) is 121 Å². The van der Waals surface area contributed by atoms with Gasteiger partial charge in [0.2, 0.25) is 5.91 Å². The molecule has 4 aromatic rings. The summed E-state index contributed by atoms with van der Waals surface area (Å²) in [6.45, 7) is -0.0627. The molecule has 7 heteroatoms. The minimum absolute atomic E-state index is 0.0627.